The first-order chi connectivity index (χ1) is 9.99. The van der Waals surface area contributed by atoms with E-state index in [9.17, 15) is 19.8 Å². The van der Waals surface area contributed by atoms with Crippen molar-refractivity contribution in [3.8, 4) is 0 Å². The molecule has 0 heterocycles. The van der Waals surface area contributed by atoms with E-state index >= 15 is 0 Å². The summed E-state index contributed by atoms with van der Waals surface area (Å²) in [5, 5.41) is 21.9. The van der Waals surface area contributed by atoms with Gasteiger partial charge in [-0.05, 0) is 24.3 Å². The first-order valence-corrected chi connectivity index (χ1v) is 7.22. The molecular weight excluding hydrogens is 270 g/mol. The van der Waals surface area contributed by atoms with Crippen molar-refractivity contribution in [2.45, 2.75) is 25.9 Å². The molecule has 2 rings (SSSR count). The molecule has 1 aliphatic rings. The summed E-state index contributed by atoms with van der Waals surface area (Å²) in [6.45, 7) is 2.06. The quantitative estimate of drug-likeness (QED) is 0.769. The lowest BCUT2D eigenvalue weighted by atomic mass is 9.95. The highest BCUT2D eigenvalue weighted by Crippen LogP contribution is 2.36. The molecule has 0 spiro atoms. The SMILES string of the molecule is CC1CC(C(=O)O)C(C(=O)NCC(O)c2ccccc2)C1. The molecule has 21 heavy (non-hydrogen) atoms. The van der Waals surface area contributed by atoms with E-state index in [1.165, 1.54) is 0 Å². The highest BCUT2D eigenvalue weighted by molar-refractivity contribution is 5.85. The van der Waals surface area contributed by atoms with Gasteiger partial charge in [0, 0.05) is 6.54 Å². The van der Waals surface area contributed by atoms with Gasteiger partial charge < -0.3 is 15.5 Å². The molecule has 1 aliphatic carbocycles. The molecule has 0 aliphatic heterocycles. The summed E-state index contributed by atoms with van der Waals surface area (Å²) in [4.78, 5) is 23.3. The van der Waals surface area contributed by atoms with Crippen LogP contribution < -0.4 is 5.32 Å². The molecule has 0 bridgehead atoms. The summed E-state index contributed by atoms with van der Waals surface area (Å²) < 4.78 is 0. The zero-order valence-corrected chi connectivity index (χ0v) is 12.0. The van der Waals surface area contributed by atoms with Crippen LogP contribution in [0.1, 0.15) is 31.4 Å². The maximum Gasteiger partial charge on any atom is 0.307 e. The van der Waals surface area contributed by atoms with Crippen molar-refractivity contribution in [1.29, 1.82) is 0 Å². The van der Waals surface area contributed by atoms with Crippen molar-refractivity contribution in [2.75, 3.05) is 6.54 Å². The molecule has 3 N–H and O–H groups in total. The number of carboxylic acids is 1. The smallest absolute Gasteiger partial charge is 0.307 e. The van der Waals surface area contributed by atoms with E-state index < -0.39 is 23.9 Å². The average molecular weight is 291 g/mol. The maximum atomic E-state index is 12.2. The van der Waals surface area contributed by atoms with Crippen molar-refractivity contribution in [3.63, 3.8) is 0 Å². The Balaban J connectivity index is 1.91. The number of aliphatic hydroxyl groups is 1. The predicted octanol–water partition coefficient (Wildman–Crippen LogP) is 1.58. The number of aliphatic carboxylic acids is 1. The third-order valence-electron chi connectivity index (χ3n) is 4.11. The van der Waals surface area contributed by atoms with Crippen molar-refractivity contribution in [2.24, 2.45) is 17.8 Å². The number of amides is 1. The Labute approximate surface area is 124 Å². The maximum absolute atomic E-state index is 12.2. The standard InChI is InChI=1S/C16H21NO4/c1-10-7-12(13(8-10)16(20)21)15(19)17-9-14(18)11-5-3-2-4-6-11/h2-6,10,12-14,18H,7-9H2,1H3,(H,17,19)(H,20,21). The van der Waals surface area contributed by atoms with Crippen LogP contribution >= 0.6 is 0 Å². The van der Waals surface area contributed by atoms with Crippen molar-refractivity contribution < 1.29 is 19.8 Å². The summed E-state index contributed by atoms with van der Waals surface area (Å²) in [5.41, 5.74) is 0.729. The van der Waals surface area contributed by atoms with Gasteiger partial charge in [0.1, 0.15) is 0 Å². The largest absolute Gasteiger partial charge is 0.481 e. The minimum atomic E-state index is -0.914. The molecule has 1 aromatic carbocycles. The first kappa shape index (κ1) is 15.5. The molecule has 4 unspecified atom stereocenters. The Morgan fingerprint density at radius 2 is 1.86 bits per heavy atom. The van der Waals surface area contributed by atoms with Crippen molar-refractivity contribution in [1.82, 2.24) is 5.32 Å². The molecular formula is C16H21NO4. The van der Waals surface area contributed by atoms with Crippen LogP contribution in [0.15, 0.2) is 30.3 Å². The number of carbonyl (C=O) groups is 2. The molecule has 0 aromatic heterocycles. The zero-order valence-electron chi connectivity index (χ0n) is 12.0. The van der Waals surface area contributed by atoms with Crippen LogP contribution in [0.5, 0.6) is 0 Å². The minimum Gasteiger partial charge on any atom is -0.481 e. The van der Waals surface area contributed by atoms with E-state index in [1.807, 2.05) is 25.1 Å². The van der Waals surface area contributed by atoms with Crippen LogP contribution in [0.3, 0.4) is 0 Å². The third-order valence-corrected chi connectivity index (χ3v) is 4.11. The molecule has 1 amide bonds. The van der Waals surface area contributed by atoms with Gasteiger partial charge in [0.15, 0.2) is 0 Å². The Morgan fingerprint density at radius 1 is 1.24 bits per heavy atom. The first-order valence-electron chi connectivity index (χ1n) is 7.22. The summed E-state index contributed by atoms with van der Waals surface area (Å²) in [6.07, 6.45) is 0.344. The van der Waals surface area contributed by atoms with Crippen LogP contribution in [0, 0.1) is 17.8 Å². The topological polar surface area (TPSA) is 86.6 Å². The number of carbonyl (C=O) groups excluding carboxylic acids is 1. The minimum absolute atomic E-state index is 0.0973. The van der Waals surface area contributed by atoms with Crippen LogP contribution in [0.2, 0.25) is 0 Å². The van der Waals surface area contributed by atoms with Gasteiger partial charge in [0.2, 0.25) is 5.91 Å². The Hall–Kier alpha value is -1.88. The Morgan fingerprint density at radius 3 is 2.48 bits per heavy atom. The highest BCUT2D eigenvalue weighted by atomic mass is 16.4. The highest BCUT2D eigenvalue weighted by Gasteiger charge is 2.41. The van der Waals surface area contributed by atoms with E-state index in [4.69, 9.17) is 0 Å². The van der Waals surface area contributed by atoms with Gasteiger partial charge >= 0.3 is 5.97 Å². The molecule has 1 fully saturated rings. The number of rotatable bonds is 5. The van der Waals surface area contributed by atoms with Gasteiger partial charge in [0.25, 0.3) is 0 Å². The van der Waals surface area contributed by atoms with Gasteiger partial charge in [-0.2, -0.15) is 0 Å². The normalized spacial score (nSPS) is 26.3. The van der Waals surface area contributed by atoms with Crippen molar-refractivity contribution >= 4 is 11.9 Å². The lowest BCUT2D eigenvalue weighted by molar-refractivity contribution is -0.146. The third kappa shape index (κ3) is 3.82. The number of carboxylic acid groups (broad SMARTS) is 1. The molecule has 4 atom stereocenters. The van der Waals surface area contributed by atoms with E-state index in [-0.39, 0.29) is 18.4 Å². The molecule has 0 radical (unpaired) electrons. The summed E-state index contributed by atoms with van der Waals surface area (Å²) in [5.74, 6) is -2.07. The fourth-order valence-electron chi connectivity index (χ4n) is 2.98. The average Bonchev–Trinajstić information content (AvgIpc) is 2.87. The lowest BCUT2D eigenvalue weighted by Gasteiger charge is -2.17. The van der Waals surface area contributed by atoms with Gasteiger partial charge in [-0.15, -0.1) is 0 Å². The second kappa shape index (κ2) is 6.72. The fourth-order valence-corrected chi connectivity index (χ4v) is 2.98. The zero-order chi connectivity index (χ0) is 15.4. The summed E-state index contributed by atoms with van der Waals surface area (Å²) in [7, 11) is 0. The second-order valence-corrected chi connectivity index (χ2v) is 5.80. The second-order valence-electron chi connectivity index (χ2n) is 5.80. The van der Waals surface area contributed by atoms with Crippen LogP contribution in [-0.2, 0) is 9.59 Å². The van der Waals surface area contributed by atoms with E-state index in [0.717, 1.165) is 5.56 Å². The monoisotopic (exact) mass is 291 g/mol. The van der Waals surface area contributed by atoms with Crippen molar-refractivity contribution in [3.05, 3.63) is 35.9 Å². The Kier molecular flexibility index (Phi) is 4.96. The predicted molar refractivity (Wildman–Crippen MR) is 77.4 cm³/mol. The van der Waals surface area contributed by atoms with Gasteiger partial charge in [0.05, 0.1) is 17.9 Å². The van der Waals surface area contributed by atoms with Crippen LogP contribution in [0.25, 0.3) is 0 Å². The van der Waals surface area contributed by atoms with E-state index in [2.05, 4.69) is 5.32 Å². The number of benzene rings is 1. The van der Waals surface area contributed by atoms with Gasteiger partial charge in [-0.25, -0.2) is 0 Å². The number of nitrogens with one attached hydrogen (secondary N) is 1. The van der Waals surface area contributed by atoms with Crippen LogP contribution in [-0.4, -0.2) is 28.6 Å². The van der Waals surface area contributed by atoms with Crippen LogP contribution in [0.4, 0.5) is 0 Å². The van der Waals surface area contributed by atoms with Gasteiger partial charge in [-0.3, -0.25) is 9.59 Å². The molecule has 1 saturated carbocycles. The molecule has 1 aromatic rings. The Bertz CT molecular complexity index is 502. The number of hydrogen-bond acceptors (Lipinski definition) is 3. The molecule has 5 nitrogen and oxygen atoms in total. The molecule has 5 heteroatoms. The number of hydrogen-bond donors (Lipinski definition) is 3. The van der Waals surface area contributed by atoms with E-state index in [1.54, 1.807) is 12.1 Å². The van der Waals surface area contributed by atoms with E-state index in [0.29, 0.717) is 12.8 Å². The fraction of sp³-hybridized carbons (Fsp3) is 0.500. The summed E-state index contributed by atoms with van der Waals surface area (Å²) in [6, 6.07) is 9.06. The number of aliphatic hydroxyl groups excluding tert-OH is 1. The summed E-state index contributed by atoms with van der Waals surface area (Å²) >= 11 is 0. The lowest BCUT2D eigenvalue weighted by Crippen LogP contribution is -2.37. The molecule has 0 saturated heterocycles. The van der Waals surface area contributed by atoms with Gasteiger partial charge in [-0.1, -0.05) is 37.3 Å². The molecule has 114 valence electrons.